The number of carboxylic acid groups (broad SMARTS) is 1. The summed E-state index contributed by atoms with van der Waals surface area (Å²) in [6.45, 7) is 1.71. The van der Waals surface area contributed by atoms with E-state index in [-0.39, 0.29) is 0 Å². The normalized spacial score (nSPS) is 16.1. The molecule has 0 aliphatic rings. The van der Waals surface area contributed by atoms with Crippen LogP contribution >= 0.6 is 0 Å². The molecule has 5 nitrogen and oxygen atoms in total. The third kappa shape index (κ3) is 4.34. The quantitative estimate of drug-likeness (QED) is 0.458. The Kier molecular flexibility index (Phi) is 4.22. The Bertz CT molecular complexity index is 219. The highest BCUT2D eigenvalue weighted by Gasteiger charge is 2.32. The first-order valence-electron chi connectivity index (χ1n) is 4.44. The highest BCUT2D eigenvalue weighted by molar-refractivity contribution is 5.97. The molecular formula is C9H19N2O3+. The van der Waals surface area contributed by atoms with E-state index >= 15 is 0 Å². The summed E-state index contributed by atoms with van der Waals surface area (Å²) in [6.07, 6.45) is 0. The predicted molar refractivity (Wildman–Crippen MR) is 52.7 cm³/mol. The van der Waals surface area contributed by atoms with E-state index in [2.05, 4.69) is 0 Å². The predicted octanol–water partition coefficient (Wildman–Crippen LogP) is -0.690. The average molecular weight is 203 g/mol. The molecule has 14 heavy (non-hydrogen) atoms. The van der Waals surface area contributed by atoms with E-state index in [0.717, 1.165) is 0 Å². The molecule has 0 saturated carbocycles. The van der Waals surface area contributed by atoms with Gasteiger partial charge in [0.1, 0.15) is 11.7 Å². The standard InChI is InChI=1S/C9H18N2O3/c1-6(12)8(9(13)14)7(10)5-11(2,3)4/h7-8H,5,10H2,1-4H3/p+1. The lowest BCUT2D eigenvalue weighted by Gasteiger charge is -2.29. The second kappa shape index (κ2) is 4.52. The van der Waals surface area contributed by atoms with Gasteiger partial charge in [0.25, 0.3) is 0 Å². The number of aliphatic carboxylic acids is 1. The van der Waals surface area contributed by atoms with Crippen LogP contribution in [0.4, 0.5) is 0 Å². The number of quaternary nitrogens is 1. The summed E-state index contributed by atoms with van der Waals surface area (Å²) in [5, 5.41) is 8.80. The zero-order valence-electron chi connectivity index (χ0n) is 9.15. The molecule has 2 unspecified atom stereocenters. The van der Waals surface area contributed by atoms with E-state index in [4.69, 9.17) is 10.8 Å². The Morgan fingerprint density at radius 2 is 1.79 bits per heavy atom. The molecule has 2 atom stereocenters. The first kappa shape index (κ1) is 13.1. The van der Waals surface area contributed by atoms with Crippen LogP contribution in [-0.4, -0.2) is 55.1 Å². The maximum atomic E-state index is 11.0. The Hall–Kier alpha value is -0.940. The lowest BCUT2D eigenvalue weighted by molar-refractivity contribution is -0.871. The van der Waals surface area contributed by atoms with E-state index in [0.29, 0.717) is 11.0 Å². The van der Waals surface area contributed by atoms with Crippen LogP contribution < -0.4 is 5.73 Å². The van der Waals surface area contributed by atoms with Crippen molar-refractivity contribution >= 4 is 11.8 Å². The molecule has 0 saturated heterocycles. The van der Waals surface area contributed by atoms with Crippen molar-refractivity contribution in [1.29, 1.82) is 0 Å². The van der Waals surface area contributed by atoms with Crippen molar-refractivity contribution in [3.8, 4) is 0 Å². The molecule has 0 aromatic heterocycles. The van der Waals surface area contributed by atoms with Gasteiger partial charge in [-0.2, -0.15) is 0 Å². The van der Waals surface area contributed by atoms with Gasteiger partial charge in [-0.05, 0) is 6.92 Å². The fourth-order valence-electron chi connectivity index (χ4n) is 1.40. The van der Waals surface area contributed by atoms with Crippen molar-refractivity contribution in [3.63, 3.8) is 0 Å². The van der Waals surface area contributed by atoms with Crippen molar-refractivity contribution < 1.29 is 19.2 Å². The van der Waals surface area contributed by atoms with Gasteiger partial charge in [-0.15, -0.1) is 0 Å². The van der Waals surface area contributed by atoms with E-state index in [9.17, 15) is 9.59 Å². The van der Waals surface area contributed by atoms with Crippen molar-refractivity contribution in [2.24, 2.45) is 11.7 Å². The Morgan fingerprint density at radius 1 is 1.36 bits per heavy atom. The third-order valence-corrected chi connectivity index (χ3v) is 1.89. The molecule has 0 fully saturated rings. The summed E-state index contributed by atoms with van der Waals surface area (Å²) >= 11 is 0. The number of hydrogen-bond acceptors (Lipinski definition) is 3. The summed E-state index contributed by atoms with van der Waals surface area (Å²) in [6, 6.07) is -0.634. The van der Waals surface area contributed by atoms with Gasteiger partial charge in [0.05, 0.1) is 33.7 Å². The molecule has 0 aliphatic carbocycles. The Balaban J connectivity index is 4.54. The zero-order valence-corrected chi connectivity index (χ0v) is 9.15. The lowest BCUT2D eigenvalue weighted by Crippen LogP contribution is -2.51. The summed E-state index contributed by atoms with van der Waals surface area (Å²) in [5.74, 6) is -2.62. The highest BCUT2D eigenvalue weighted by atomic mass is 16.4. The third-order valence-electron chi connectivity index (χ3n) is 1.89. The SMILES string of the molecule is CC(=O)C(C(=O)O)C(N)C[N+](C)(C)C. The van der Waals surface area contributed by atoms with Gasteiger partial charge in [0.15, 0.2) is 0 Å². The number of rotatable bonds is 5. The smallest absolute Gasteiger partial charge is 0.315 e. The number of carbonyl (C=O) groups is 2. The van der Waals surface area contributed by atoms with Crippen molar-refractivity contribution in [2.45, 2.75) is 13.0 Å². The van der Waals surface area contributed by atoms with Crippen molar-refractivity contribution in [2.75, 3.05) is 27.7 Å². The van der Waals surface area contributed by atoms with Crippen LogP contribution in [0.1, 0.15) is 6.92 Å². The van der Waals surface area contributed by atoms with Crippen molar-refractivity contribution in [3.05, 3.63) is 0 Å². The van der Waals surface area contributed by atoms with Gasteiger partial charge < -0.3 is 15.3 Å². The van der Waals surface area contributed by atoms with Crippen LogP contribution in [0.15, 0.2) is 0 Å². The van der Waals surface area contributed by atoms with Gasteiger partial charge >= 0.3 is 5.97 Å². The van der Waals surface area contributed by atoms with Gasteiger partial charge in [-0.25, -0.2) is 0 Å². The van der Waals surface area contributed by atoms with E-state index in [1.807, 2.05) is 21.1 Å². The van der Waals surface area contributed by atoms with Crippen LogP contribution in [0, 0.1) is 5.92 Å². The highest BCUT2D eigenvalue weighted by Crippen LogP contribution is 2.07. The zero-order chi connectivity index (χ0) is 11.5. The van der Waals surface area contributed by atoms with Gasteiger partial charge in [-0.1, -0.05) is 0 Å². The number of hydrogen-bond donors (Lipinski definition) is 2. The molecule has 0 aromatic carbocycles. The minimum Gasteiger partial charge on any atom is -0.481 e. The maximum Gasteiger partial charge on any atom is 0.315 e. The number of nitrogens with zero attached hydrogens (tertiary/aromatic N) is 1. The van der Waals surface area contributed by atoms with E-state index in [1.54, 1.807) is 0 Å². The molecule has 3 N–H and O–H groups in total. The van der Waals surface area contributed by atoms with Crippen molar-refractivity contribution in [1.82, 2.24) is 0 Å². The molecule has 0 aromatic rings. The molecule has 0 spiro atoms. The lowest BCUT2D eigenvalue weighted by atomic mass is 9.96. The molecule has 82 valence electrons. The summed E-state index contributed by atoms with van der Waals surface area (Å²) in [4.78, 5) is 21.8. The topological polar surface area (TPSA) is 80.4 Å². The molecule has 0 rings (SSSR count). The monoisotopic (exact) mass is 203 g/mol. The summed E-state index contributed by atoms with van der Waals surface area (Å²) in [7, 11) is 5.71. The van der Waals surface area contributed by atoms with Gasteiger partial charge in [0.2, 0.25) is 0 Å². The number of carbonyl (C=O) groups excluding carboxylic acids is 1. The van der Waals surface area contributed by atoms with Gasteiger partial charge in [-0.3, -0.25) is 9.59 Å². The largest absolute Gasteiger partial charge is 0.481 e. The molecule has 0 radical (unpaired) electrons. The molecule has 0 aliphatic heterocycles. The fourth-order valence-corrected chi connectivity index (χ4v) is 1.40. The average Bonchev–Trinajstić information content (AvgIpc) is 1.78. The van der Waals surface area contributed by atoms with E-state index in [1.165, 1.54) is 6.92 Å². The molecular weight excluding hydrogens is 184 g/mol. The second-order valence-electron chi connectivity index (χ2n) is 4.56. The van der Waals surface area contributed by atoms with Crippen LogP contribution in [0.25, 0.3) is 0 Å². The first-order valence-corrected chi connectivity index (χ1v) is 4.44. The summed E-state index contributed by atoms with van der Waals surface area (Å²) in [5.41, 5.74) is 5.69. The second-order valence-corrected chi connectivity index (χ2v) is 4.56. The first-order chi connectivity index (χ1) is 6.15. The molecule has 0 heterocycles. The number of Topliss-reactive ketones (excluding diaryl/α,β-unsaturated/α-hetero) is 1. The van der Waals surface area contributed by atoms with Crippen LogP contribution in [0.2, 0.25) is 0 Å². The van der Waals surface area contributed by atoms with Crippen LogP contribution in [0.3, 0.4) is 0 Å². The Morgan fingerprint density at radius 3 is 2.00 bits per heavy atom. The number of carboxylic acids is 1. The minimum atomic E-state index is -1.14. The molecule has 0 amide bonds. The van der Waals surface area contributed by atoms with Gasteiger partial charge in [0, 0.05) is 0 Å². The fraction of sp³-hybridized carbons (Fsp3) is 0.778. The minimum absolute atomic E-state index is 0.390. The molecule has 5 heteroatoms. The molecule has 0 bridgehead atoms. The number of nitrogens with two attached hydrogens (primary N) is 1. The van der Waals surface area contributed by atoms with Crippen LogP contribution in [0.5, 0.6) is 0 Å². The summed E-state index contributed by atoms with van der Waals surface area (Å²) < 4.78 is 0.540. The van der Waals surface area contributed by atoms with Crippen LogP contribution in [-0.2, 0) is 9.59 Å². The number of likely N-dealkylation sites (N-methyl/N-ethyl adjacent to an activating group) is 1. The van der Waals surface area contributed by atoms with E-state index < -0.39 is 23.7 Å². The Labute approximate surface area is 84.1 Å². The maximum absolute atomic E-state index is 11.0. The number of ketones is 1.